The summed E-state index contributed by atoms with van der Waals surface area (Å²) in [6.45, 7) is 14.6. The van der Waals surface area contributed by atoms with Crippen LogP contribution in [0.4, 0.5) is 0 Å². The zero-order valence-electron chi connectivity index (χ0n) is 38.5. The second-order valence-electron chi connectivity index (χ2n) is 22.6. The van der Waals surface area contributed by atoms with Crippen LogP contribution in [0.15, 0.2) is 23.3 Å². The molecule has 3 heterocycles. The summed E-state index contributed by atoms with van der Waals surface area (Å²) >= 11 is 0. The Bertz CT molecular complexity index is 1890. The number of aliphatic carboxylic acids is 1. The van der Waals surface area contributed by atoms with Crippen molar-refractivity contribution in [3.8, 4) is 0 Å². The highest BCUT2D eigenvalue weighted by Crippen LogP contribution is 2.75. The summed E-state index contributed by atoms with van der Waals surface area (Å²) in [5.74, 6) is -2.19. The first-order chi connectivity index (χ1) is 30.3. The molecule has 368 valence electrons. The number of aliphatic hydroxyl groups is 9. The molecule has 3 saturated heterocycles. The number of carbonyl (C=O) groups excluding carboxylic acids is 1. The first-order valence-corrected chi connectivity index (χ1v) is 23.4. The van der Waals surface area contributed by atoms with Crippen molar-refractivity contribution in [1.82, 2.24) is 0 Å². The Morgan fingerprint density at radius 2 is 1.37 bits per heavy atom. The van der Waals surface area contributed by atoms with E-state index >= 15 is 0 Å². The third-order valence-electron chi connectivity index (χ3n) is 18.3. The number of rotatable bonds is 8. The highest BCUT2D eigenvalue weighted by Gasteiger charge is 2.68. The minimum atomic E-state index is -1.91. The lowest BCUT2D eigenvalue weighted by Crippen LogP contribution is -2.65. The molecule has 8 aliphatic rings. The third kappa shape index (κ3) is 7.68. The van der Waals surface area contributed by atoms with Gasteiger partial charge in [-0.15, -0.1) is 0 Å². The number of aliphatic hydroxyl groups excluding tert-OH is 9. The highest BCUT2D eigenvalue weighted by atomic mass is 16.7. The zero-order chi connectivity index (χ0) is 47.6. The molecule has 0 aromatic heterocycles. The molecule has 21 atom stereocenters. The molecule has 18 nitrogen and oxygen atoms in total. The number of carbonyl (C=O) groups is 2. The van der Waals surface area contributed by atoms with Gasteiger partial charge in [0.15, 0.2) is 18.7 Å². The first kappa shape index (κ1) is 49.3. The molecule has 0 amide bonds. The molecule has 65 heavy (non-hydrogen) atoms. The molecule has 0 aromatic carbocycles. The van der Waals surface area contributed by atoms with Gasteiger partial charge in [-0.2, -0.15) is 0 Å². The summed E-state index contributed by atoms with van der Waals surface area (Å²) < 4.78 is 35.0. The molecule has 2 unspecified atom stereocenters. The van der Waals surface area contributed by atoms with Crippen LogP contribution in [-0.4, -0.2) is 168 Å². The minimum Gasteiger partial charge on any atom is -0.479 e. The van der Waals surface area contributed by atoms with Crippen LogP contribution in [0.25, 0.3) is 0 Å². The zero-order valence-corrected chi connectivity index (χ0v) is 38.5. The monoisotopic (exact) mass is 924 g/mol. The summed E-state index contributed by atoms with van der Waals surface area (Å²) in [6.07, 6.45) is -12.8. The largest absolute Gasteiger partial charge is 0.479 e. The van der Waals surface area contributed by atoms with Crippen molar-refractivity contribution in [2.75, 3.05) is 13.2 Å². The van der Waals surface area contributed by atoms with E-state index in [0.717, 1.165) is 25.7 Å². The maximum atomic E-state index is 14.6. The van der Waals surface area contributed by atoms with Gasteiger partial charge in [0.1, 0.15) is 61.0 Å². The maximum Gasteiger partial charge on any atom is 0.335 e. The molecule has 7 fully saturated rings. The van der Waals surface area contributed by atoms with Gasteiger partial charge in [-0.05, 0) is 96.7 Å². The Morgan fingerprint density at radius 3 is 2.05 bits per heavy atom. The van der Waals surface area contributed by atoms with E-state index in [2.05, 4.69) is 60.6 Å². The molecule has 18 heteroatoms. The van der Waals surface area contributed by atoms with E-state index in [1.807, 2.05) is 0 Å². The fraction of sp³-hybridized carbons (Fsp3) is 0.872. The van der Waals surface area contributed by atoms with Gasteiger partial charge in [0.2, 0.25) is 6.29 Å². The van der Waals surface area contributed by atoms with Gasteiger partial charge < -0.3 is 79.5 Å². The van der Waals surface area contributed by atoms with Gasteiger partial charge in [0.05, 0.1) is 24.7 Å². The molecular weight excluding hydrogens is 852 g/mol. The van der Waals surface area contributed by atoms with Crippen LogP contribution in [-0.2, 0) is 38.0 Å². The maximum absolute atomic E-state index is 14.6. The molecule has 0 aromatic rings. The van der Waals surface area contributed by atoms with E-state index in [1.165, 1.54) is 11.1 Å². The topological polar surface area (TPSA) is 292 Å². The summed E-state index contributed by atoms with van der Waals surface area (Å²) in [5.41, 5.74) is -0.0398. The molecular formula is C47H72O18. The number of hydrogen-bond donors (Lipinski definition) is 10. The Balaban J connectivity index is 1.05. The fourth-order valence-corrected chi connectivity index (χ4v) is 14.0. The SMILES string of the molecule is CC1(C)CC[C@]2(C(=O)O[C@@H]3O[C@H](CO)[C@@H](O)[C@H](O)[C@H]3O)CC[C@]3(C)C(=CC=C4[C@@]5(C)CC[C@H](O[C@@H]6O[C@H](C(=O)O)[C@@H](O)[C@H](O[C@@H]7OC[C@H](O)[C@H](O)[C@H]7O)[C@H]6O)C(C)(C)C5CC[C@]43C)C2C1. The molecule has 5 aliphatic carbocycles. The van der Waals surface area contributed by atoms with Crippen LogP contribution >= 0.6 is 0 Å². The average Bonchev–Trinajstić information content (AvgIpc) is 3.24. The molecule has 10 N–H and O–H groups in total. The smallest absolute Gasteiger partial charge is 0.335 e. The Hall–Kier alpha value is -2.14. The summed E-state index contributed by atoms with van der Waals surface area (Å²) in [7, 11) is 0. The number of esters is 1. The normalized spacial score (nSPS) is 51.5. The predicted octanol–water partition coefficient (Wildman–Crippen LogP) is 0.792. The lowest BCUT2D eigenvalue weighted by Gasteiger charge is -2.68. The van der Waals surface area contributed by atoms with E-state index < -0.39 is 128 Å². The van der Waals surface area contributed by atoms with Crippen LogP contribution in [0.1, 0.15) is 106 Å². The summed E-state index contributed by atoms with van der Waals surface area (Å²) in [6, 6.07) is 0. The number of allylic oxidation sites excluding steroid dienone is 4. The Labute approximate surface area is 379 Å². The Morgan fingerprint density at radius 1 is 0.692 bits per heavy atom. The number of ether oxygens (including phenoxy) is 6. The minimum absolute atomic E-state index is 0.0591. The highest BCUT2D eigenvalue weighted by molar-refractivity contribution is 5.79. The van der Waals surface area contributed by atoms with Crippen molar-refractivity contribution < 1.29 is 89.1 Å². The van der Waals surface area contributed by atoms with Crippen molar-refractivity contribution >= 4 is 11.9 Å². The fourth-order valence-electron chi connectivity index (χ4n) is 14.0. The van der Waals surface area contributed by atoms with Crippen molar-refractivity contribution in [2.45, 2.75) is 198 Å². The number of hydrogen-bond acceptors (Lipinski definition) is 17. The quantitative estimate of drug-likeness (QED) is 0.119. The van der Waals surface area contributed by atoms with Gasteiger partial charge in [0.25, 0.3) is 0 Å². The van der Waals surface area contributed by atoms with Crippen LogP contribution in [0.2, 0.25) is 0 Å². The Kier molecular flexibility index (Phi) is 12.9. The van der Waals surface area contributed by atoms with E-state index in [-0.39, 0.29) is 33.5 Å². The number of carboxylic acids is 1. The molecule has 4 saturated carbocycles. The van der Waals surface area contributed by atoms with E-state index in [0.29, 0.717) is 32.1 Å². The van der Waals surface area contributed by atoms with Crippen molar-refractivity contribution in [3.63, 3.8) is 0 Å². The van der Waals surface area contributed by atoms with Crippen LogP contribution in [0.3, 0.4) is 0 Å². The van der Waals surface area contributed by atoms with Crippen molar-refractivity contribution in [3.05, 3.63) is 23.3 Å². The van der Waals surface area contributed by atoms with Gasteiger partial charge in [-0.3, -0.25) is 4.79 Å². The van der Waals surface area contributed by atoms with Gasteiger partial charge in [-0.1, -0.05) is 71.8 Å². The molecule has 0 radical (unpaired) electrons. The van der Waals surface area contributed by atoms with Gasteiger partial charge in [-0.25, -0.2) is 4.79 Å². The molecule has 0 bridgehead atoms. The van der Waals surface area contributed by atoms with Crippen molar-refractivity contribution in [2.24, 2.45) is 44.3 Å². The molecule has 0 spiro atoms. The average molecular weight is 925 g/mol. The molecule has 3 aliphatic heterocycles. The number of carboxylic acid groups (broad SMARTS) is 1. The van der Waals surface area contributed by atoms with E-state index in [1.54, 1.807) is 0 Å². The standard InChI is InChI=1S/C47H72O18/c1-42(2)14-16-47(41(59)65-39-32(54)30(52)29(51)24(19-48)61-39)17-15-45(6)21(22(47)18-42)8-9-26-44(5)12-11-27(43(3,4)25(44)10-13-46(26,45)7)62-40-34(56)35(33(55)36(64-40)37(57)58)63-38-31(53)28(50)23(49)20-60-38/h8-9,22-25,27-36,38-40,48-56H,10-20H2,1-7H3,(H,57,58)/t22?,23-,24+,25?,27-,28-,29+,30-,31+,32+,33-,34+,35-,36-,38-,39-,40+,44-,45+,46+,47-/m0/s1. The van der Waals surface area contributed by atoms with Crippen LogP contribution < -0.4 is 0 Å². The first-order valence-electron chi connectivity index (χ1n) is 23.4. The van der Waals surface area contributed by atoms with Gasteiger partial charge >= 0.3 is 11.9 Å². The van der Waals surface area contributed by atoms with Crippen LogP contribution in [0.5, 0.6) is 0 Å². The lowest BCUT2D eigenvalue weighted by atomic mass is 9.36. The lowest BCUT2D eigenvalue weighted by molar-refractivity contribution is -0.355. The second kappa shape index (κ2) is 17.1. The number of fused-ring (bicyclic) bond motifs is 7. The van der Waals surface area contributed by atoms with Crippen LogP contribution in [0, 0.1) is 44.3 Å². The second-order valence-corrected chi connectivity index (χ2v) is 22.6. The van der Waals surface area contributed by atoms with E-state index in [9.17, 15) is 60.7 Å². The predicted molar refractivity (Wildman–Crippen MR) is 225 cm³/mol. The van der Waals surface area contributed by atoms with Gasteiger partial charge in [0, 0.05) is 0 Å². The third-order valence-corrected chi connectivity index (χ3v) is 18.3. The van der Waals surface area contributed by atoms with E-state index in [4.69, 9.17) is 28.4 Å². The molecule has 8 rings (SSSR count). The van der Waals surface area contributed by atoms with Crippen molar-refractivity contribution in [1.29, 1.82) is 0 Å². The summed E-state index contributed by atoms with van der Waals surface area (Å²) in [5, 5.41) is 105. The summed E-state index contributed by atoms with van der Waals surface area (Å²) in [4.78, 5) is 27.0.